The second kappa shape index (κ2) is 6.02. The highest BCUT2D eigenvalue weighted by Crippen LogP contribution is 2.18. The molecular weight excluding hydrogens is 234 g/mol. The maximum absolute atomic E-state index is 4.17. The van der Waals surface area contributed by atoms with Crippen molar-refractivity contribution >= 4 is 0 Å². The lowest BCUT2D eigenvalue weighted by Gasteiger charge is -2.15. The van der Waals surface area contributed by atoms with E-state index >= 15 is 0 Å². The minimum absolute atomic E-state index is 0.344. The number of hydrogen-bond acceptors (Lipinski definition) is 2. The zero-order chi connectivity index (χ0) is 13.8. The second-order valence-corrected chi connectivity index (χ2v) is 5.37. The van der Waals surface area contributed by atoms with E-state index in [1.54, 1.807) is 0 Å². The van der Waals surface area contributed by atoms with Crippen molar-refractivity contribution in [3.63, 3.8) is 0 Å². The molecule has 1 aromatic carbocycles. The standard InChI is InChI=1S/C16H23N3/c1-12(2)14-5-7-15(8-6-14)13(3)17-11-16-9-10-18-19(16)4/h5-10,12-13,17H,11H2,1-4H3. The van der Waals surface area contributed by atoms with Gasteiger partial charge >= 0.3 is 0 Å². The van der Waals surface area contributed by atoms with Crippen LogP contribution in [0.5, 0.6) is 0 Å². The van der Waals surface area contributed by atoms with Gasteiger partial charge in [0.15, 0.2) is 0 Å². The van der Waals surface area contributed by atoms with E-state index in [-0.39, 0.29) is 0 Å². The summed E-state index contributed by atoms with van der Waals surface area (Å²) in [4.78, 5) is 0. The van der Waals surface area contributed by atoms with Gasteiger partial charge in [0.05, 0.1) is 5.69 Å². The first kappa shape index (κ1) is 13.8. The predicted octanol–water partition coefficient (Wildman–Crippen LogP) is 3.39. The molecule has 0 bridgehead atoms. The Morgan fingerprint density at radius 3 is 2.21 bits per heavy atom. The maximum Gasteiger partial charge on any atom is 0.0518 e. The Bertz CT molecular complexity index is 511. The van der Waals surface area contributed by atoms with Crippen LogP contribution in [0.15, 0.2) is 36.5 Å². The number of aromatic nitrogens is 2. The van der Waals surface area contributed by atoms with Crippen LogP contribution in [0, 0.1) is 0 Å². The maximum atomic E-state index is 4.17. The summed E-state index contributed by atoms with van der Waals surface area (Å²) in [5.74, 6) is 0.590. The topological polar surface area (TPSA) is 29.9 Å². The molecule has 0 spiro atoms. The zero-order valence-corrected chi connectivity index (χ0v) is 12.2. The summed E-state index contributed by atoms with van der Waals surface area (Å²) < 4.78 is 1.90. The Kier molecular flexibility index (Phi) is 4.38. The molecule has 0 radical (unpaired) electrons. The third-order valence-corrected chi connectivity index (χ3v) is 3.61. The van der Waals surface area contributed by atoms with Gasteiger partial charge in [0.25, 0.3) is 0 Å². The molecule has 1 atom stereocenters. The molecule has 1 N–H and O–H groups in total. The minimum atomic E-state index is 0.344. The number of nitrogens with one attached hydrogen (secondary N) is 1. The summed E-state index contributed by atoms with van der Waals surface area (Å²) in [5.41, 5.74) is 3.92. The third-order valence-electron chi connectivity index (χ3n) is 3.61. The van der Waals surface area contributed by atoms with Gasteiger partial charge in [0.2, 0.25) is 0 Å². The highest BCUT2D eigenvalue weighted by Gasteiger charge is 2.07. The van der Waals surface area contributed by atoms with Crippen LogP contribution in [-0.4, -0.2) is 9.78 Å². The SMILES string of the molecule is CC(C)c1ccc(C(C)NCc2ccnn2C)cc1. The van der Waals surface area contributed by atoms with Crippen molar-refractivity contribution in [2.75, 3.05) is 0 Å². The van der Waals surface area contributed by atoms with E-state index in [2.05, 4.69) is 55.5 Å². The fourth-order valence-electron chi connectivity index (χ4n) is 2.12. The molecule has 0 saturated heterocycles. The minimum Gasteiger partial charge on any atom is -0.305 e. The van der Waals surface area contributed by atoms with Crippen LogP contribution in [0.4, 0.5) is 0 Å². The van der Waals surface area contributed by atoms with Gasteiger partial charge in [-0.1, -0.05) is 38.1 Å². The summed E-state index contributed by atoms with van der Waals surface area (Å²) >= 11 is 0. The Balaban J connectivity index is 1.96. The van der Waals surface area contributed by atoms with Crippen LogP contribution in [-0.2, 0) is 13.6 Å². The normalized spacial score (nSPS) is 12.9. The summed E-state index contributed by atoms with van der Waals surface area (Å²) in [6.07, 6.45) is 1.83. The Labute approximate surface area is 115 Å². The first-order chi connectivity index (χ1) is 9.08. The Hall–Kier alpha value is -1.61. The number of aryl methyl sites for hydroxylation is 1. The van der Waals surface area contributed by atoms with Crippen molar-refractivity contribution in [3.8, 4) is 0 Å². The van der Waals surface area contributed by atoms with Crippen LogP contribution in [0.3, 0.4) is 0 Å². The molecule has 3 nitrogen and oxygen atoms in total. The van der Waals surface area contributed by atoms with Gasteiger partial charge in [0.1, 0.15) is 0 Å². The molecule has 1 heterocycles. The van der Waals surface area contributed by atoms with Gasteiger partial charge in [-0.3, -0.25) is 4.68 Å². The van der Waals surface area contributed by atoms with Crippen molar-refractivity contribution in [3.05, 3.63) is 53.3 Å². The molecule has 0 fully saturated rings. The van der Waals surface area contributed by atoms with Crippen molar-refractivity contribution in [1.29, 1.82) is 0 Å². The number of rotatable bonds is 5. The highest BCUT2D eigenvalue weighted by molar-refractivity contribution is 5.26. The first-order valence-electron chi connectivity index (χ1n) is 6.88. The van der Waals surface area contributed by atoms with Gasteiger partial charge < -0.3 is 5.32 Å². The molecule has 2 rings (SSSR count). The molecular formula is C16H23N3. The lowest BCUT2D eigenvalue weighted by atomic mass is 9.99. The molecule has 0 aliphatic heterocycles. The highest BCUT2D eigenvalue weighted by atomic mass is 15.3. The molecule has 3 heteroatoms. The number of hydrogen-bond donors (Lipinski definition) is 1. The van der Waals surface area contributed by atoms with E-state index in [4.69, 9.17) is 0 Å². The van der Waals surface area contributed by atoms with Crippen molar-refractivity contribution < 1.29 is 0 Å². The number of nitrogens with zero attached hydrogens (tertiary/aromatic N) is 2. The molecule has 19 heavy (non-hydrogen) atoms. The molecule has 1 unspecified atom stereocenters. The van der Waals surface area contributed by atoms with E-state index in [0.29, 0.717) is 12.0 Å². The Morgan fingerprint density at radius 2 is 1.68 bits per heavy atom. The molecule has 0 saturated carbocycles. The molecule has 2 aromatic rings. The molecule has 102 valence electrons. The smallest absolute Gasteiger partial charge is 0.0518 e. The van der Waals surface area contributed by atoms with E-state index in [1.165, 1.54) is 16.8 Å². The van der Waals surface area contributed by atoms with Crippen molar-refractivity contribution in [2.24, 2.45) is 7.05 Å². The van der Waals surface area contributed by atoms with E-state index in [9.17, 15) is 0 Å². The first-order valence-corrected chi connectivity index (χ1v) is 6.88. The van der Waals surface area contributed by atoms with Crippen LogP contribution in [0.1, 0.15) is 49.6 Å². The van der Waals surface area contributed by atoms with Gasteiger partial charge in [-0.05, 0) is 30.0 Å². The second-order valence-electron chi connectivity index (χ2n) is 5.37. The van der Waals surface area contributed by atoms with Gasteiger partial charge in [-0.15, -0.1) is 0 Å². The quantitative estimate of drug-likeness (QED) is 0.889. The predicted molar refractivity (Wildman–Crippen MR) is 79.0 cm³/mol. The van der Waals surface area contributed by atoms with Gasteiger partial charge in [-0.25, -0.2) is 0 Å². The van der Waals surface area contributed by atoms with Gasteiger partial charge in [-0.2, -0.15) is 5.10 Å². The van der Waals surface area contributed by atoms with Crippen LogP contribution >= 0.6 is 0 Å². The van der Waals surface area contributed by atoms with Crippen LogP contribution in [0.2, 0.25) is 0 Å². The molecule has 0 aliphatic rings. The molecule has 0 amide bonds. The van der Waals surface area contributed by atoms with Crippen LogP contribution < -0.4 is 5.32 Å². The molecule has 0 aliphatic carbocycles. The summed E-state index contributed by atoms with van der Waals surface area (Å²) in [7, 11) is 1.97. The van der Waals surface area contributed by atoms with Gasteiger partial charge in [0, 0.05) is 25.8 Å². The molecule has 1 aromatic heterocycles. The zero-order valence-electron chi connectivity index (χ0n) is 12.2. The van der Waals surface area contributed by atoms with E-state index < -0.39 is 0 Å². The summed E-state index contributed by atoms with van der Waals surface area (Å²) in [6, 6.07) is 11.3. The largest absolute Gasteiger partial charge is 0.305 e. The lowest BCUT2D eigenvalue weighted by molar-refractivity contribution is 0.548. The summed E-state index contributed by atoms with van der Waals surface area (Å²) in [6.45, 7) is 7.47. The third kappa shape index (κ3) is 3.44. The lowest BCUT2D eigenvalue weighted by Crippen LogP contribution is -2.19. The van der Waals surface area contributed by atoms with Crippen LogP contribution in [0.25, 0.3) is 0 Å². The fourth-order valence-corrected chi connectivity index (χ4v) is 2.12. The van der Waals surface area contributed by atoms with E-state index in [1.807, 2.05) is 24.0 Å². The monoisotopic (exact) mass is 257 g/mol. The average molecular weight is 257 g/mol. The van der Waals surface area contributed by atoms with Crippen molar-refractivity contribution in [2.45, 2.75) is 39.3 Å². The fraction of sp³-hybridized carbons (Fsp3) is 0.438. The summed E-state index contributed by atoms with van der Waals surface area (Å²) in [5, 5.41) is 7.70. The van der Waals surface area contributed by atoms with Crippen molar-refractivity contribution in [1.82, 2.24) is 15.1 Å². The number of benzene rings is 1. The average Bonchev–Trinajstić information content (AvgIpc) is 2.81. The van der Waals surface area contributed by atoms with E-state index in [0.717, 1.165) is 6.54 Å². The Morgan fingerprint density at radius 1 is 1.05 bits per heavy atom.